The maximum Gasteiger partial charge on any atom is 0.316 e. The molecule has 0 radical (unpaired) electrons. The summed E-state index contributed by atoms with van der Waals surface area (Å²) in [6, 6.07) is 11.1. The van der Waals surface area contributed by atoms with Crippen LogP contribution in [-0.2, 0) is 14.8 Å². The van der Waals surface area contributed by atoms with Crippen LogP contribution in [0.2, 0.25) is 0 Å². The summed E-state index contributed by atoms with van der Waals surface area (Å²) in [5.74, 6) is -0.409. The molecular formula is C21H26N4O4S. The summed E-state index contributed by atoms with van der Waals surface area (Å²) in [6.45, 7) is 4.43. The first kappa shape index (κ1) is 21.8. The number of aryl methyl sites for hydroxylation is 2. The fraction of sp³-hybridized carbons (Fsp3) is 0.333. The SMILES string of the molecule is Cc1ccc(S(=O)(=O)N2CCC(C(=O)Nc3ccc(NC(N)=O)cc3)CC2)cc1C. The van der Waals surface area contributed by atoms with Crippen LogP contribution < -0.4 is 16.4 Å². The van der Waals surface area contributed by atoms with E-state index in [1.165, 1.54) is 4.31 Å². The Balaban J connectivity index is 1.58. The number of benzene rings is 2. The third-order valence-corrected chi connectivity index (χ3v) is 7.26. The Labute approximate surface area is 176 Å². The molecule has 1 aliphatic rings. The van der Waals surface area contributed by atoms with Crippen molar-refractivity contribution >= 4 is 33.3 Å². The third kappa shape index (κ3) is 4.98. The van der Waals surface area contributed by atoms with Gasteiger partial charge in [-0.2, -0.15) is 4.31 Å². The summed E-state index contributed by atoms with van der Waals surface area (Å²) < 4.78 is 27.3. The number of nitrogens with zero attached hydrogens (tertiary/aromatic N) is 1. The van der Waals surface area contributed by atoms with Gasteiger partial charge >= 0.3 is 6.03 Å². The normalized spacial score (nSPS) is 15.5. The molecule has 3 amide bonds. The minimum atomic E-state index is -3.57. The Morgan fingerprint density at radius 3 is 2.03 bits per heavy atom. The number of rotatable bonds is 5. The van der Waals surface area contributed by atoms with Gasteiger partial charge in [0.2, 0.25) is 15.9 Å². The molecule has 0 bridgehead atoms. The van der Waals surface area contributed by atoms with Gasteiger partial charge in [-0.05, 0) is 74.2 Å². The first-order valence-electron chi connectivity index (χ1n) is 9.71. The van der Waals surface area contributed by atoms with E-state index in [1.807, 2.05) is 19.9 Å². The van der Waals surface area contributed by atoms with Gasteiger partial charge in [0, 0.05) is 30.4 Å². The zero-order valence-electron chi connectivity index (χ0n) is 17.0. The molecule has 0 saturated carbocycles. The summed E-state index contributed by atoms with van der Waals surface area (Å²) in [5.41, 5.74) is 8.17. The molecule has 1 aliphatic heterocycles. The van der Waals surface area contributed by atoms with Gasteiger partial charge in [0.05, 0.1) is 4.90 Å². The molecule has 2 aromatic rings. The Morgan fingerprint density at radius 1 is 0.933 bits per heavy atom. The second-order valence-electron chi connectivity index (χ2n) is 7.48. The molecule has 3 rings (SSSR count). The van der Waals surface area contributed by atoms with Crippen molar-refractivity contribution in [3.8, 4) is 0 Å². The van der Waals surface area contributed by atoms with Gasteiger partial charge in [0.25, 0.3) is 0 Å². The van der Waals surface area contributed by atoms with Crippen molar-refractivity contribution in [1.82, 2.24) is 4.31 Å². The average Bonchev–Trinajstić information content (AvgIpc) is 2.71. The van der Waals surface area contributed by atoms with Crippen LogP contribution in [-0.4, -0.2) is 37.8 Å². The Kier molecular flexibility index (Phi) is 6.42. The zero-order valence-corrected chi connectivity index (χ0v) is 17.8. The standard InChI is InChI=1S/C21H26N4O4S/c1-14-3-8-19(13-15(14)2)30(28,29)25-11-9-16(10-12-25)20(26)23-17-4-6-18(7-5-17)24-21(22)27/h3-8,13,16H,9-12H2,1-2H3,(H,23,26)(H3,22,24,27). The number of primary amides is 1. The van der Waals surface area contributed by atoms with Gasteiger partial charge in [0.1, 0.15) is 0 Å². The molecule has 2 aromatic carbocycles. The maximum absolute atomic E-state index is 12.9. The van der Waals surface area contributed by atoms with Crippen molar-refractivity contribution in [2.75, 3.05) is 23.7 Å². The predicted octanol–water partition coefficient (Wildman–Crippen LogP) is 2.83. The third-order valence-electron chi connectivity index (χ3n) is 5.36. The van der Waals surface area contributed by atoms with Crippen LogP contribution in [0.25, 0.3) is 0 Å². The lowest BCUT2D eigenvalue weighted by Crippen LogP contribution is -2.41. The Morgan fingerprint density at radius 2 is 1.50 bits per heavy atom. The molecule has 1 saturated heterocycles. The van der Waals surface area contributed by atoms with E-state index in [4.69, 9.17) is 5.73 Å². The number of amides is 3. The van der Waals surface area contributed by atoms with Gasteiger partial charge in [-0.1, -0.05) is 6.07 Å². The van der Waals surface area contributed by atoms with E-state index < -0.39 is 16.1 Å². The zero-order chi connectivity index (χ0) is 21.9. The fourth-order valence-corrected chi connectivity index (χ4v) is 4.96. The van der Waals surface area contributed by atoms with E-state index in [2.05, 4.69) is 10.6 Å². The molecule has 0 spiro atoms. The molecule has 0 aromatic heterocycles. The molecule has 0 aliphatic carbocycles. The summed E-state index contributed by atoms with van der Waals surface area (Å²) in [5, 5.41) is 5.29. The second-order valence-corrected chi connectivity index (χ2v) is 9.42. The van der Waals surface area contributed by atoms with Crippen LogP contribution in [0.15, 0.2) is 47.4 Å². The van der Waals surface area contributed by atoms with Gasteiger partial charge in [-0.15, -0.1) is 0 Å². The lowest BCUT2D eigenvalue weighted by molar-refractivity contribution is -0.120. The van der Waals surface area contributed by atoms with Gasteiger partial charge in [-0.25, -0.2) is 13.2 Å². The number of hydrogen-bond acceptors (Lipinski definition) is 4. The molecular weight excluding hydrogens is 404 g/mol. The van der Waals surface area contributed by atoms with Crippen molar-refractivity contribution in [1.29, 1.82) is 0 Å². The molecule has 0 unspecified atom stereocenters. The van der Waals surface area contributed by atoms with E-state index >= 15 is 0 Å². The second kappa shape index (κ2) is 8.85. The average molecular weight is 431 g/mol. The molecule has 30 heavy (non-hydrogen) atoms. The van der Waals surface area contributed by atoms with E-state index in [0.717, 1.165) is 11.1 Å². The van der Waals surface area contributed by atoms with Crippen molar-refractivity contribution in [3.63, 3.8) is 0 Å². The summed E-state index contributed by atoms with van der Waals surface area (Å²) in [7, 11) is -3.57. The number of nitrogens with one attached hydrogen (secondary N) is 2. The van der Waals surface area contributed by atoms with E-state index in [1.54, 1.807) is 36.4 Å². The van der Waals surface area contributed by atoms with Crippen LogP contribution in [0.3, 0.4) is 0 Å². The molecule has 1 heterocycles. The summed E-state index contributed by atoms with van der Waals surface area (Å²) >= 11 is 0. The number of sulfonamides is 1. The highest BCUT2D eigenvalue weighted by atomic mass is 32.2. The van der Waals surface area contributed by atoms with Gasteiger partial charge in [0.15, 0.2) is 0 Å². The lowest BCUT2D eigenvalue weighted by Gasteiger charge is -2.30. The highest BCUT2D eigenvalue weighted by Gasteiger charge is 2.32. The van der Waals surface area contributed by atoms with E-state index in [9.17, 15) is 18.0 Å². The number of anilines is 2. The maximum atomic E-state index is 12.9. The topological polar surface area (TPSA) is 122 Å². The minimum Gasteiger partial charge on any atom is -0.351 e. The first-order valence-corrected chi connectivity index (χ1v) is 11.2. The molecule has 8 nitrogen and oxygen atoms in total. The molecule has 4 N–H and O–H groups in total. The monoisotopic (exact) mass is 430 g/mol. The Hall–Kier alpha value is -2.91. The molecule has 1 fully saturated rings. The minimum absolute atomic E-state index is 0.145. The van der Waals surface area contributed by atoms with Crippen molar-refractivity contribution < 1.29 is 18.0 Å². The van der Waals surface area contributed by atoms with Gasteiger partial charge in [-0.3, -0.25) is 4.79 Å². The van der Waals surface area contributed by atoms with Crippen LogP contribution in [0.4, 0.5) is 16.2 Å². The summed E-state index contributed by atoms with van der Waals surface area (Å²) in [6.07, 6.45) is 0.911. The molecule has 0 atom stereocenters. The van der Waals surface area contributed by atoms with Crippen LogP contribution >= 0.6 is 0 Å². The highest BCUT2D eigenvalue weighted by Crippen LogP contribution is 2.26. The number of carbonyl (C=O) groups excluding carboxylic acids is 2. The van der Waals surface area contributed by atoms with Crippen molar-refractivity contribution in [2.24, 2.45) is 11.7 Å². The smallest absolute Gasteiger partial charge is 0.316 e. The molecule has 160 valence electrons. The van der Waals surface area contributed by atoms with Crippen LogP contribution in [0, 0.1) is 19.8 Å². The number of carbonyl (C=O) groups is 2. The van der Waals surface area contributed by atoms with E-state index in [-0.39, 0.29) is 16.7 Å². The van der Waals surface area contributed by atoms with Gasteiger partial charge < -0.3 is 16.4 Å². The number of piperidine rings is 1. The number of nitrogens with two attached hydrogens (primary N) is 1. The number of urea groups is 1. The fourth-order valence-electron chi connectivity index (χ4n) is 3.41. The highest BCUT2D eigenvalue weighted by molar-refractivity contribution is 7.89. The molecule has 9 heteroatoms. The van der Waals surface area contributed by atoms with Crippen LogP contribution in [0.1, 0.15) is 24.0 Å². The van der Waals surface area contributed by atoms with Crippen LogP contribution in [0.5, 0.6) is 0 Å². The number of hydrogen-bond donors (Lipinski definition) is 3. The Bertz CT molecular complexity index is 1040. The van der Waals surface area contributed by atoms with Crippen molar-refractivity contribution in [2.45, 2.75) is 31.6 Å². The first-order chi connectivity index (χ1) is 14.2. The van der Waals surface area contributed by atoms with E-state index in [0.29, 0.717) is 37.3 Å². The summed E-state index contributed by atoms with van der Waals surface area (Å²) in [4.78, 5) is 23.7. The quantitative estimate of drug-likeness (QED) is 0.675. The lowest BCUT2D eigenvalue weighted by atomic mass is 9.97. The largest absolute Gasteiger partial charge is 0.351 e. The van der Waals surface area contributed by atoms with Crippen molar-refractivity contribution in [3.05, 3.63) is 53.6 Å². The predicted molar refractivity (Wildman–Crippen MR) is 116 cm³/mol.